The van der Waals surface area contributed by atoms with Crippen molar-refractivity contribution in [3.63, 3.8) is 0 Å². The van der Waals surface area contributed by atoms with Gasteiger partial charge in [-0.2, -0.15) is 15.6 Å². The summed E-state index contributed by atoms with van der Waals surface area (Å²) in [6.07, 6.45) is 20.3. The Kier molecular flexibility index (Phi) is 18.7. The fraction of sp³-hybridized carbons (Fsp3) is 0.641. The monoisotopic (exact) mass is 754 g/mol. The molecule has 3 N–H and O–H groups in total. The van der Waals surface area contributed by atoms with E-state index >= 15 is 0 Å². The van der Waals surface area contributed by atoms with E-state index in [4.69, 9.17) is 34.3 Å². The number of unbranched alkanes of at least 4 members (excludes halogenated alkanes) is 14. The Hall–Kier alpha value is -3.42. The number of benzene rings is 1. The summed E-state index contributed by atoms with van der Waals surface area (Å²) in [4.78, 5) is 14.6. The molecule has 1 fully saturated rings. The molecule has 0 spiro atoms. The summed E-state index contributed by atoms with van der Waals surface area (Å²) in [7, 11) is -2.41. The molecule has 4 unspecified atom stereocenters. The maximum Gasteiger partial charge on any atom is 0.330 e. The average Bonchev–Trinajstić information content (AvgIpc) is 3.80. The number of rotatable bonds is 27. The predicted octanol–water partition coefficient (Wildman–Crippen LogP) is 9.02. The smallest absolute Gasteiger partial charge is 0.330 e. The van der Waals surface area contributed by atoms with Crippen LogP contribution in [0, 0.1) is 28.5 Å². The van der Waals surface area contributed by atoms with Gasteiger partial charge in [0.1, 0.15) is 47.8 Å². The molecule has 0 saturated carbocycles. The van der Waals surface area contributed by atoms with Crippen LogP contribution in [0.5, 0.6) is 5.75 Å². The third kappa shape index (κ3) is 14.1. The van der Waals surface area contributed by atoms with Crippen molar-refractivity contribution in [2.45, 2.75) is 134 Å². The van der Waals surface area contributed by atoms with Crippen molar-refractivity contribution in [2.24, 2.45) is 0 Å². The molecular weight excluding hydrogens is 698 g/mol. The SMILES string of the molecule is CCCCCCCCCCCCCCCCCOCC(COP(O)OCC1(C#N)CCC(c2ccc3c(N)ncnn23)O1)Oc1ccc(C#N)c(F)c1. The second-order valence-corrected chi connectivity index (χ2v) is 14.8. The van der Waals surface area contributed by atoms with Crippen LogP contribution in [0.1, 0.15) is 133 Å². The van der Waals surface area contributed by atoms with E-state index in [1.807, 2.05) is 6.07 Å². The van der Waals surface area contributed by atoms with Gasteiger partial charge in [-0.15, -0.1) is 0 Å². The number of nitrogen functional groups attached to an aromatic ring is 1. The van der Waals surface area contributed by atoms with Crippen LogP contribution in [0.3, 0.4) is 0 Å². The van der Waals surface area contributed by atoms with E-state index < -0.39 is 32.2 Å². The van der Waals surface area contributed by atoms with Gasteiger partial charge in [-0.25, -0.2) is 13.9 Å². The van der Waals surface area contributed by atoms with Gasteiger partial charge < -0.3 is 33.9 Å². The van der Waals surface area contributed by atoms with Gasteiger partial charge in [-0.05, 0) is 43.5 Å². The minimum atomic E-state index is -2.41. The summed E-state index contributed by atoms with van der Waals surface area (Å²) in [5, 5.41) is 23.4. The second kappa shape index (κ2) is 23.4. The number of halogens is 1. The molecule has 1 saturated heterocycles. The third-order valence-electron chi connectivity index (χ3n) is 9.56. The van der Waals surface area contributed by atoms with Crippen molar-refractivity contribution in [3.05, 3.63) is 53.7 Å². The van der Waals surface area contributed by atoms with Gasteiger partial charge in [-0.1, -0.05) is 96.8 Å². The molecular formula is C39H56FN6O6P. The summed E-state index contributed by atoms with van der Waals surface area (Å²) in [6, 6.07) is 11.6. The molecule has 4 atom stereocenters. The van der Waals surface area contributed by atoms with Gasteiger partial charge in [0.2, 0.25) is 0 Å². The van der Waals surface area contributed by atoms with Gasteiger partial charge >= 0.3 is 8.60 Å². The molecule has 3 heterocycles. The minimum absolute atomic E-state index is 0.0906. The van der Waals surface area contributed by atoms with Gasteiger partial charge in [0.15, 0.2) is 11.4 Å². The number of nitrogens with two attached hydrogens (primary N) is 1. The normalized spacial score (nSPS) is 18.2. The van der Waals surface area contributed by atoms with Crippen molar-refractivity contribution in [2.75, 3.05) is 32.2 Å². The topological polar surface area (TPSA) is 170 Å². The lowest BCUT2D eigenvalue weighted by molar-refractivity contribution is -0.0377. The van der Waals surface area contributed by atoms with Crippen molar-refractivity contribution >= 4 is 19.9 Å². The molecule has 1 aliphatic heterocycles. The Morgan fingerprint density at radius 1 is 0.981 bits per heavy atom. The first-order chi connectivity index (χ1) is 25.9. The molecule has 290 valence electrons. The molecule has 0 amide bonds. The number of nitrogens with zero attached hydrogens (tertiary/aromatic N) is 5. The maximum atomic E-state index is 14.3. The quantitative estimate of drug-likeness (QED) is 0.0562. The molecule has 0 radical (unpaired) electrons. The molecule has 1 aromatic carbocycles. The Bertz CT molecular complexity index is 1600. The van der Waals surface area contributed by atoms with E-state index in [1.165, 1.54) is 102 Å². The zero-order chi connectivity index (χ0) is 37.7. The van der Waals surface area contributed by atoms with E-state index in [0.29, 0.717) is 30.8 Å². The predicted molar refractivity (Wildman–Crippen MR) is 201 cm³/mol. The van der Waals surface area contributed by atoms with E-state index in [1.54, 1.807) is 16.7 Å². The van der Waals surface area contributed by atoms with Crippen LogP contribution in [-0.4, -0.2) is 57.6 Å². The first-order valence-electron chi connectivity index (χ1n) is 19.2. The number of aromatic nitrogens is 3. The van der Waals surface area contributed by atoms with Gasteiger partial charge in [-0.3, -0.25) is 0 Å². The molecule has 1 aliphatic rings. The zero-order valence-electron chi connectivity index (χ0n) is 31.1. The van der Waals surface area contributed by atoms with E-state index in [9.17, 15) is 14.5 Å². The summed E-state index contributed by atoms with van der Waals surface area (Å²) in [5.74, 6) is -0.159. The molecule has 4 rings (SSSR count). The maximum absolute atomic E-state index is 14.3. The second-order valence-electron chi connectivity index (χ2n) is 13.8. The first kappa shape index (κ1) is 42.3. The lowest BCUT2D eigenvalue weighted by atomic mass is 10.0. The third-order valence-corrected chi connectivity index (χ3v) is 10.3. The number of nitriles is 2. The number of anilines is 1. The Morgan fingerprint density at radius 3 is 2.30 bits per heavy atom. The molecule has 0 aliphatic carbocycles. The molecule has 12 nitrogen and oxygen atoms in total. The molecule has 14 heteroatoms. The lowest BCUT2D eigenvalue weighted by Crippen LogP contribution is -2.32. The fourth-order valence-electron chi connectivity index (χ4n) is 6.50. The Morgan fingerprint density at radius 2 is 1.66 bits per heavy atom. The van der Waals surface area contributed by atoms with E-state index in [-0.39, 0.29) is 31.1 Å². The van der Waals surface area contributed by atoms with Crippen molar-refractivity contribution in [3.8, 4) is 17.9 Å². The van der Waals surface area contributed by atoms with Crippen LogP contribution in [0.4, 0.5) is 10.2 Å². The molecule has 53 heavy (non-hydrogen) atoms. The van der Waals surface area contributed by atoms with Crippen LogP contribution in [-0.2, 0) is 18.5 Å². The Balaban J connectivity index is 1.15. The fourth-order valence-corrected chi connectivity index (χ4v) is 7.19. The number of ether oxygens (including phenoxy) is 3. The minimum Gasteiger partial charge on any atom is -0.485 e. The Labute approximate surface area is 314 Å². The number of hydrogen-bond acceptors (Lipinski definition) is 11. The zero-order valence-corrected chi connectivity index (χ0v) is 32.0. The highest BCUT2D eigenvalue weighted by atomic mass is 31.2. The van der Waals surface area contributed by atoms with Gasteiger partial charge in [0, 0.05) is 12.7 Å². The molecule has 3 aromatic rings. The van der Waals surface area contributed by atoms with Crippen LogP contribution >= 0.6 is 8.60 Å². The highest BCUT2D eigenvalue weighted by molar-refractivity contribution is 7.40. The first-order valence-corrected chi connectivity index (χ1v) is 20.4. The van der Waals surface area contributed by atoms with Gasteiger partial charge in [0.05, 0.1) is 31.1 Å². The van der Waals surface area contributed by atoms with Crippen LogP contribution in [0.2, 0.25) is 0 Å². The summed E-state index contributed by atoms with van der Waals surface area (Å²) in [5.41, 5.74) is 5.94. The highest BCUT2D eigenvalue weighted by Gasteiger charge is 2.43. The molecule has 2 aromatic heterocycles. The van der Waals surface area contributed by atoms with E-state index in [2.05, 4.69) is 23.1 Å². The van der Waals surface area contributed by atoms with Crippen molar-refractivity contribution in [1.82, 2.24) is 14.6 Å². The van der Waals surface area contributed by atoms with Crippen LogP contribution < -0.4 is 10.5 Å². The lowest BCUT2D eigenvalue weighted by Gasteiger charge is -2.24. The number of hydrogen-bond donors (Lipinski definition) is 2. The highest BCUT2D eigenvalue weighted by Crippen LogP contribution is 2.43. The molecule has 0 bridgehead atoms. The average molecular weight is 755 g/mol. The summed E-state index contributed by atoms with van der Waals surface area (Å²) < 4.78 is 45.1. The standard InChI is InChI=1S/C39H56FN6O6P/c1-2-3-4-5-6-7-8-9-10-11-12-13-14-15-16-23-48-26-33(51-32-18-17-31(25-41)34(40)24-32)27-49-53(47)50-29-39(28-42)22-21-37(52-39)35-19-20-36-38(43)44-30-45-46(35)36/h17-20,24,30,33,37,47H,2-16,21-23,26-27,29H2,1H3,(H2,43,44,45). The van der Waals surface area contributed by atoms with Crippen LogP contribution in [0.25, 0.3) is 5.52 Å². The summed E-state index contributed by atoms with van der Waals surface area (Å²) >= 11 is 0. The van der Waals surface area contributed by atoms with Crippen molar-refractivity contribution in [1.29, 1.82) is 10.5 Å². The van der Waals surface area contributed by atoms with Crippen LogP contribution in [0.15, 0.2) is 36.7 Å². The number of fused-ring (bicyclic) bond motifs is 1. The van der Waals surface area contributed by atoms with Crippen molar-refractivity contribution < 1.29 is 32.5 Å². The van der Waals surface area contributed by atoms with E-state index in [0.717, 1.165) is 24.6 Å². The summed E-state index contributed by atoms with van der Waals surface area (Å²) in [6.45, 7) is 2.58. The van der Waals surface area contributed by atoms with Gasteiger partial charge in [0.25, 0.3) is 0 Å². The largest absolute Gasteiger partial charge is 0.485 e.